The Morgan fingerprint density at radius 3 is 2.50 bits per heavy atom. The maximum Gasteiger partial charge on any atom is 0.0926 e. The molecule has 2 unspecified atom stereocenters. The number of nitriles is 1. The minimum absolute atomic E-state index is 0.0124. The Kier molecular flexibility index (Phi) is 6.79. The SMILES string of the molecule is CCCCCC(C)NC(C)C#N. The predicted molar refractivity (Wildman–Crippen MR) is 51.8 cm³/mol. The molecule has 2 atom stereocenters. The Hall–Kier alpha value is -0.550. The van der Waals surface area contributed by atoms with Gasteiger partial charge >= 0.3 is 0 Å². The lowest BCUT2D eigenvalue weighted by Crippen LogP contribution is -2.33. The lowest BCUT2D eigenvalue weighted by Gasteiger charge is -2.14. The summed E-state index contributed by atoms with van der Waals surface area (Å²) in [5.74, 6) is 0. The molecule has 12 heavy (non-hydrogen) atoms. The molecule has 0 saturated carbocycles. The molecular formula is C10H20N2. The topological polar surface area (TPSA) is 35.8 Å². The van der Waals surface area contributed by atoms with Crippen molar-refractivity contribution in [1.82, 2.24) is 5.32 Å². The van der Waals surface area contributed by atoms with Crippen molar-refractivity contribution in [3.8, 4) is 6.07 Å². The zero-order chi connectivity index (χ0) is 9.40. The van der Waals surface area contributed by atoms with Crippen LogP contribution < -0.4 is 5.32 Å². The normalized spacial score (nSPS) is 15.2. The van der Waals surface area contributed by atoms with Crippen LogP contribution >= 0.6 is 0 Å². The van der Waals surface area contributed by atoms with Gasteiger partial charge in [-0.25, -0.2) is 0 Å². The van der Waals surface area contributed by atoms with Crippen LogP contribution in [0.2, 0.25) is 0 Å². The van der Waals surface area contributed by atoms with Crippen molar-refractivity contribution in [3.05, 3.63) is 0 Å². The van der Waals surface area contributed by atoms with Crippen LogP contribution in [0.1, 0.15) is 46.5 Å². The molecule has 0 fully saturated rings. The number of rotatable bonds is 6. The van der Waals surface area contributed by atoms with Crippen molar-refractivity contribution in [3.63, 3.8) is 0 Å². The van der Waals surface area contributed by atoms with E-state index in [1.807, 2.05) is 6.92 Å². The molecule has 0 heterocycles. The highest BCUT2D eigenvalue weighted by Gasteiger charge is 2.04. The fraction of sp³-hybridized carbons (Fsp3) is 0.900. The van der Waals surface area contributed by atoms with E-state index in [0.29, 0.717) is 6.04 Å². The third-order valence-corrected chi connectivity index (χ3v) is 1.97. The Morgan fingerprint density at radius 1 is 1.33 bits per heavy atom. The first-order valence-electron chi connectivity index (χ1n) is 4.86. The fourth-order valence-electron chi connectivity index (χ4n) is 1.25. The quantitative estimate of drug-likeness (QED) is 0.618. The van der Waals surface area contributed by atoms with Gasteiger partial charge in [0.25, 0.3) is 0 Å². The standard InChI is InChI=1S/C10H20N2/c1-4-5-6-7-9(2)12-10(3)8-11/h9-10,12H,4-7H2,1-3H3. The number of hydrogen-bond acceptors (Lipinski definition) is 2. The Labute approximate surface area is 76.0 Å². The molecule has 0 spiro atoms. The summed E-state index contributed by atoms with van der Waals surface area (Å²) < 4.78 is 0. The van der Waals surface area contributed by atoms with Crippen molar-refractivity contribution in [1.29, 1.82) is 5.26 Å². The lowest BCUT2D eigenvalue weighted by molar-refractivity contribution is 0.470. The van der Waals surface area contributed by atoms with Crippen LogP contribution in [0.5, 0.6) is 0 Å². The molecule has 0 saturated heterocycles. The molecular weight excluding hydrogens is 148 g/mol. The predicted octanol–water partition coefficient (Wildman–Crippen LogP) is 2.46. The van der Waals surface area contributed by atoms with Crippen LogP contribution in [-0.4, -0.2) is 12.1 Å². The summed E-state index contributed by atoms with van der Waals surface area (Å²) in [5.41, 5.74) is 0. The first kappa shape index (κ1) is 11.4. The zero-order valence-corrected chi connectivity index (χ0v) is 8.43. The van der Waals surface area contributed by atoms with Crippen molar-refractivity contribution in [2.75, 3.05) is 0 Å². The average Bonchev–Trinajstić information content (AvgIpc) is 2.05. The van der Waals surface area contributed by atoms with E-state index in [1.165, 1.54) is 25.7 Å². The first-order valence-corrected chi connectivity index (χ1v) is 4.86. The van der Waals surface area contributed by atoms with Gasteiger partial charge in [-0.1, -0.05) is 26.2 Å². The van der Waals surface area contributed by atoms with E-state index in [2.05, 4.69) is 25.2 Å². The number of nitrogens with one attached hydrogen (secondary N) is 1. The summed E-state index contributed by atoms with van der Waals surface area (Å²) in [6, 6.07) is 2.64. The molecule has 0 aromatic carbocycles. The van der Waals surface area contributed by atoms with Gasteiger partial charge in [0, 0.05) is 6.04 Å². The van der Waals surface area contributed by atoms with E-state index >= 15 is 0 Å². The van der Waals surface area contributed by atoms with Gasteiger partial charge in [0.15, 0.2) is 0 Å². The molecule has 0 aromatic heterocycles. The maximum absolute atomic E-state index is 8.54. The van der Waals surface area contributed by atoms with Gasteiger partial charge in [-0.2, -0.15) is 5.26 Å². The Balaban J connectivity index is 3.34. The summed E-state index contributed by atoms with van der Waals surface area (Å²) in [6.45, 7) is 6.25. The zero-order valence-electron chi connectivity index (χ0n) is 8.43. The number of hydrogen-bond donors (Lipinski definition) is 1. The van der Waals surface area contributed by atoms with E-state index in [4.69, 9.17) is 5.26 Å². The third kappa shape index (κ3) is 6.18. The van der Waals surface area contributed by atoms with Gasteiger partial charge in [-0.15, -0.1) is 0 Å². The third-order valence-electron chi connectivity index (χ3n) is 1.97. The molecule has 1 N–H and O–H groups in total. The Morgan fingerprint density at radius 2 is 2.00 bits per heavy atom. The van der Waals surface area contributed by atoms with Crippen molar-refractivity contribution >= 4 is 0 Å². The van der Waals surface area contributed by atoms with Gasteiger partial charge in [0.1, 0.15) is 0 Å². The van der Waals surface area contributed by atoms with Crippen molar-refractivity contribution < 1.29 is 0 Å². The second-order valence-corrected chi connectivity index (χ2v) is 3.41. The van der Waals surface area contributed by atoms with Crippen molar-refractivity contribution in [2.45, 2.75) is 58.5 Å². The van der Waals surface area contributed by atoms with E-state index < -0.39 is 0 Å². The smallest absolute Gasteiger partial charge is 0.0926 e. The number of nitrogens with zero attached hydrogens (tertiary/aromatic N) is 1. The number of unbranched alkanes of at least 4 members (excludes halogenated alkanes) is 2. The van der Waals surface area contributed by atoms with E-state index in [1.54, 1.807) is 0 Å². The molecule has 0 rings (SSSR count). The minimum Gasteiger partial charge on any atom is -0.300 e. The highest BCUT2D eigenvalue weighted by Crippen LogP contribution is 2.03. The van der Waals surface area contributed by atoms with Crippen LogP contribution in [0, 0.1) is 11.3 Å². The molecule has 0 aliphatic carbocycles. The van der Waals surface area contributed by atoms with Gasteiger partial charge in [0.2, 0.25) is 0 Å². The van der Waals surface area contributed by atoms with E-state index in [9.17, 15) is 0 Å². The Bertz CT molecular complexity index is 137. The molecule has 0 radical (unpaired) electrons. The highest BCUT2D eigenvalue weighted by atomic mass is 14.9. The molecule has 0 aliphatic heterocycles. The molecule has 0 aromatic rings. The fourth-order valence-corrected chi connectivity index (χ4v) is 1.25. The van der Waals surface area contributed by atoms with Gasteiger partial charge in [-0.3, -0.25) is 5.32 Å². The van der Waals surface area contributed by atoms with Crippen LogP contribution in [0.15, 0.2) is 0 Å². The molecule has 2 heteroatoms. The second kappa shape index (κ2) is 7.12. The van der Waals surface area contributed by atoms with Gasteiger partial charge < -0.3 is 0 Å². The summed E-state index contributed by atoms with van der Waals surface area (Å²) >= 11 is 0. The molecule has 0 bridgehead atoms. The summed E-state index contributed by atoms with van der Waals surface area (Å²) in [7, 11) is 0. The second-order valence-electron chi connectivity index (χ2n) is 3.41. The highest BCUT2D eigenvalue weighted by molar-refractivity contribution is 4.86. The largest absolute Gasteiger partial charge is 0.300 e. The summed E-state index contributed by atoms with van der Waals surface area (Å²) in [5, 5.41) is 11.8. The van der Waals surface area contributed by atoms with E-state index in [0.717, 1.165) is 0 Å². The summed E-state index contributed by atoms with van der Waals surface area (Å²) in [6.07, 6.45) is 5.01. The van der Waals surface area contributed by atoms with Crippen LogP contribution in [0.4, 0.5) is 0 Å². The average molecular weight is 168 g/mol. The van der Waals surface area contributed by atoms with E-state index in [-0.39, 0.29) is 6.04 Å². The molecule has 2 nitrogen and oxygen atoms in total. The van der Waals surface area contributed by atoms with Crippen LogP contribution in [-0.2, 0) is 0 Å². The first-order chi connectivity index (χ1) is 5.70. The van der Waals surface area contributed by atoms with Crippen molar-refractivity contribution in [2.24, 2.45) is 0 Å². The molecule has 70 valence electrons. The molecule has 0 amide bonds. The van der Waals surface area contributed by atoms with Gasteiger partial charge in [-0.05, 0) is 20.3 Å². The van der Waals surface area contributed by atoms with Gasteiger partial charge in [0.05, 0.1) is 12.1 Å². The van der Waals surface area contributed by atoms with Crippen LogP contribution in [0.3, 0.4) is 0 Å². The monoisotopic (exact) mass is 168 g/mol. The molecule has 0 aliphatic rings. The van der Waals surface area contributed by atoms with Crippen LogP contribution in [0.25, 0.3) is 0 Å². The minimum atomic E-state index is -0.0124. The maximum atomic E-state index is 8.54. The summed E-state index contributed by atoms with van der Waals surface area (Å²) in [4.78, 5) is 0. The lowest BCUT2D eigenvalue weighted by atomic mass is 10.1.